The van der Waals surface area contributed by atoms with E-state index in [0.717, 1.165) is 18.0 Å². The molecular formula is C15H23ClN2O2S. The highest BCUT2D eigenvalue weighted by Crippen LogP contribution is 2.16. The van der Waals surface area contributed by atoms with Crippen molar-refractivity contribution in [2.24, 2.45) is 0 Å². The van der Waals surface area contributed by atoms with Crippen LogP contribution in [0.2, 0.25) is 0 Å². The van der Waals surface area contributed by atoms with Gasteiger partial charge in [-0.3, -0.25) is 4.79 Å². The molecule has 3 rings (SSSR count). The van der Waals surface area contributed by atoms with Gasteiger partial charge in [-0.1, -0.05) is 6.07 Å². The SMILES string of the molecule is Cl.O=C(Cc1cccs1)N1CCOCC1CN1CCCC1. The Bertz CT molecular complexity index is 435. The number of nitrogens with zero attached hydrogens (tertiary/aromatic N) is 2. The maximum absolute atomic E-state index is 12.5. The molecule has 2 fully saturated rings. The Morgan fingerprint density at radius 2 is 2.14 bits per heavy atom. The maximum atomic E-state index is 12.5. The van der Waals surface area contributed by atoms with Crippen molar-refractivity contribution in [2.75, 3.05) is 39.4 Å². The average molecular weight is 331 g/mol. The number of carbonyl (C=O) groups excluding carboxylic acids is 1. The first-order valence-electron chi connectivity index (χ1n) is 7.45. The molecule has 0 aliphatic carbocycles. The van der Waals surface area contributed by atoms with E-state index in [4.69, 9.17) is 4.74 Å². The first kappa shape index (κ1) is 16.7. The van der Waals surface area contributed by atoms with Crippen molar-refractivity contribution in [3.8, 4) is 0 Å². The molecule has 1 aromatic heterocycles. The van der Waals surface area contributed by atoms with Gasteiger partial charge >= 0.3 is 0 Å². The molecule has 3 heterocycles. The third kappa shape index (κ3) is 4.42. The van der Waals surface area contributed by atoms with Crippen LogP contribution < -0.4 is 0 Å². The van der Waals surface area contributed by atoms with E-state index in [2.05, 4.69) is 4.90 Å². The molecule has 2 saturated heterocycles. The van der Waals surface area contributed by atoms with Gasteiger partial charge in [-0.2, -0.15) is 0 Å². The molecule has 21 heavy (non-hydrogen) atoms. The van der Waals surface area contributed by atoms with Gasteiger partial charge in [0.15, 0.2) is 0 Å². The number of ether oxygens (including phenoxy) is 1. The quantitative estimate of drug-likeness (QED) is 0.847. The summed E-state index contributed by atoms with van der Waals surface area (Å²) in [4.78, 5) is 18.2. The largest absolute Gasteiger partial charge is 0.377 e. The molecule has 0 aromatic carbocycles. The third-order valence-electron chi connectivity index (χ3n) is 4.12. The summed E-state index contributed by atoms with van der Waals surface area (Å²) in [6.45, 7) is 5.41. The summed E-state index contributed by atoms with van der Waals surface area (Å²) in [5, 5.41) is 2.03. The second-order valence-electron chi connectivity index (χ2n) is 5.58. The zero-order valence-electron chi connectivity index (χ0n) is 12.2. The molecule has 1 aromatic rings. The predicted octanol–water partition coefficient (Wildman–Crippen LogP) is 2.04. The minimum Gasteiger partial charge on any atom is -0.377 e. The molecule has 4 nitrogen and oxygen atoms in total. The van der Waals surface area contributed by atoms with E-state index in [9.17, 15) is 4.79 Å². The van der Waals surface area contributed by atoms with Crippen molar-refractivity contribution < 1.29 is 9.53 Å². The van der Waals surface area contributed by atoms with Crippen LogP contribution in [-0.2, 0) is 16.0 Å². The lowest BCUT2D eigenvalue weighted by molar-refractivity contribution is -0.139. The molecule has 1 atom stereocenters. The van der Waals surface area contributed by atoms with Gasteiger partial charge in [0.2, 0.25) is 5.91 Å². The van der Waals surface area contributed by atoms with Crippen LogP contribution >= 0.6 is 23.7 Å². The number of hydrogen-bond donors (Lipinski definition) is 0. The highest BCUT2D eigenvalue weighted by molar-refractivity contribution is 7.10. The van der Waals surface area contributed by atoms with Crippen molar-refractivity contribution in [1.82, 2.24) is 9.80 Å². The fourth-order valence-electron chi connectivity index (χ4n) is 3.06. The highest BCUT2D eigenvalue weighted by Gasteiger charge is 2.29. The Labute approximate surface area is 136 Å². The van der Waals surface area contributed by atoms with Crippen LogP contribution in [-0.4, -0.2) is 61.1 Å². The van der Waals surface area contributed by atoms with Crippen molar-refractivity contribution in [2.45, 2.75) is 25.3 Å². The minimum atomic E-state index is 0. The van der Waals surface area contributed by atoms with Gasteiger partial charge in [0.05, 0.1) is 25.7 Å². The molecule has 2 aliphatic heterocycles. The van der Waals surface area contributed by atoms with E-state index in [1.165, 1.54) is 25.9 Å². The Morgan fingerprint density at radius 3 is 2.86 bits per heavy atom. The Kier molecular flexibility index (Phi) is 6.48. The van der Waals surface area contributed by atoms with E-state index < -0.39 is 0 Å². The zero-order valence-corrected chi connectivity index (χ0v) is 13.8. The monoisotopic (exact) mass is 330 g/mol. The van der Waals surface area contributed by atoms with Gasteiger partial charge in [0, 0.05) is 18.0 Å². The number of carbonyl (C=O) groups is 1. The number of halogens is 1. The minimum absolute atomic E-state index is 0. The van der Waals surface area contributed by atoms with Gasteiger partial charge in [-0.15, -0.1) is 23.7 Å². The van der Waals surface area contributed by atoms with Crippen LogP contribution in [0.3, 0.4) is 0 Å². The number of likely N-dealkylation sites (tertiary alicyclic amines) is 1. The molecule has 2 aliphatic rings. The topological polar surface area (TPSA) is 32.8 Å². The molecule has 0 radical (unpaired) electrons. The van der Waals surface area contributed by atoms with Crippen LogP contribution in [0.1, 0.15) is 17.7 Å². The first-order valence-corrected chi connectivity index (χ1v) is 8.33. The molecule has 0 saturated carbocycles. The second-order valence-corrected chi connectivity index (χ2v) is 6.61. The van der Waals surface area contributed by atoms with E-state index >= 15 is 0 Å². The number of thiophene rings is 1. The Balaban J connectivity index is 0.00000161. The van der Waals surface area contributed by atoms with E-state index in [0.29, 0.717) is 19.6 Å². The average Bonchev–Trinajstić information content (AvgIpc) is 3.13. The van der Waals surface area contributed by atoms with Gasteiger partial charge in [0.1, 0.15) is 0 Å². The lowest BCUT2D eigenvalue weighted by atomic mass is 10.2. The molecule has 1 amide bonds. The normalized spacial score (nSPS) is 23.0. The standard InChI is InChI=1S/C15H22N2O2S.ClH/c18-15(10-14-4-3-9-20-14)17-7-8-19-12-13(17)11-16-5-1-2-6-16;/h3-4,9,13H,1-2,5-8,10-12H2;1H. The summed E-state index contributed by atoms with van der Waals surface area (Å²) in [6.07, 6.45) is 3.11. The number of morpholine rings is 1. The molecule has 0 bridgehead atoms. The Hall–Kier alpha value is -0.620. The Morgan fingerprint density at radius 1 is 1.33 bits per heavy atom. The first-order chi connectivity index (χ1) is 9.83. The van der Waals surface area contributed by atoms with Gasteiger partial charge in [-0.05, 0) is 37.4 Å². The summed E-state index contributed by atoms with van der Waals surface area (Å²) in [7, 11) is 0. The molecule has 1 unspecified atom stereocenters. The van der Waals surface area contributed by atoms with E-state index in [-0.39, 0.29) is 24.4 Å². The van der Waals surface area contributed by atoms with Crippen LogP contribution in [0.15, 0.2) is 17.5 Å². The summed E-state index contributed by atoms with van der Waals surface area (Å²) >= 11 is 1.66. The van der Waals surface area contributed by atoms with E-state index in [1.54, 1.807) is 11.3 Å². The van der Waals surface area contributed by atoms with Crippen molar-refractivity contribution in [3.05, 3.63) is 22.4 Å². The number of rotatable bonds is 4. The predicted molar refractivity (Wildman–Crippen MR) is 87.3 cm³/mol. The summed E-state index contributed by atoms with van der Waals surface area (Å²) in [5.74, 6) is 0.250. The molecule has 118 valence electrons. The van der Waals surface area contributed by atoms with Gasteiger partial charge in [-0.25, -0.2) is 0 Å². The maximum Gasteiger partial charge on any atom is 0.228 e. The van der Waals surface area contributed by atoms with Crippen molar-refractivity contribution in [3.63, 3.8) is 0 Å². The van der Waals surface area contributed by atoms with E-state index in [1.807, 2.05) is 22.4 Å². The summed E-state index contributed by atoms with van der Waals surface area (Å²) < 4.78 is 5.59. The van der Waals surface area contributed by atoms with Crippen molar-refractivity contribution >= 4 is 29.7 Å². The summed E-state index contributed by atoms with van der Waals surface area (Å²) in [5.41, 5.74) is 0. The lowest BCUT2D eigenvalue weighted by Crippen LogP contribution is -2.53. The van der Waals surface area contributed by atoms with Crippen LogP contribution in [0.4, 0.5) is 0 Å². The molecule has 0 N–H and O–H groups in total. The zero-order chi connectivity index (χ0) is 13.8. The van der Waals surface area contributed by atoms with Crippen LogP contribution in [0.5, 0.6) is 0 Å². The number of hydrogen-bond acceptors (Lipinski definition) is 4. The van der Waals surface area contributed by atoms with Gasteiger partial charge < -0.3 is 14.5 Å². The van der Waals surface area contributed by atoms with Gasteiger partial charge in [0.25, 0.3) is 0 Å². The fraction of sp³-hybridized carbons (Fsp3) is 0.667. The van der Waals surface area contributed by atoms with Crippen LogP contribution in [0.25, 0.3) is 0 Å². The van der Waals surface area contributed by atoms with Crippen molar-refractivity contribution in [1.29, 1.82) is 0 Å². The fourth-order valence-corrected chi connectivity index (χ4v) is 3.76. The molecule has 6 heteroatoms. The summed E-state index contributed by atoms with van der Waals surface area (Å²) in [6, 6.07) is 4.28. The van der Waals surface area contributed by atoms with Crippen LogP contribution in [0, 0.1) is 0 Å². The smallest absolute Gasteiger partial charge is 0.228 e. The highest BCUT2D eigenvalue weighted by atomic mass is 35.5. The third-order valence-corrected chi connectivity index (χ3v) is 5.00. The molecular weight excluding hydrogens is 308 g/mol. The molecule has 0 spiro atoms. The number of amides is 1. The lowest BCUT2D eigenvalue weighted by Gasteiger charge is -2.37. The second kappa shape index (κ2) is 8.13.